The largest absolute Gasteiger partial charge is 0.328 e. The van der Waals surface area contributed by atoms with Crippen molar-refractivity contribution in [2.75, 3.05) is 19.6 Å². The zero-order valence-electron chi connectivity index (χ0n) is 8.26. The maximum Gasteiger partial charge on any atom is 0.00104 e. The van der Waals surface area contributed by atoms with E-state index in [4.69, 9.17) is 5.73 Å². The van der Waals surface area contributed by atoms with Gasteiger partial charge in [-0.05, 0) is 52.2 Å². The molecule has 1 saturated heterocycles. The van der Waals surface area contributed by atoms with Gasteiger partial charge in [-0.1, -0.05) is 6.42 Å². The van der Waals surface area contributed by atoms with Crippen LogP contribution in [-0.4, -0.2) is 30.6 Å². The molecule has 1 rings (SSSR count). The Bertz CT molecular complexity index is 106. The first-order valence-corrected chi connectivity index (χ1v) is 5.27. The quantitative estimate of drug-likeness (QED) is 0.635. The Balaban J connectivity index is 1.88. The highest BCUT2D eigenvalue weighted by atomic mass is 15.1. The SMILES string of the molecule is C[C@@H](N)CCCCN1CCCC1. The van der Waals surface area contributed by atoms with Crippen molar-refractivity contribution in [3.8, 4) is 0 Å². The van der Waals surface area contributed by atoms with Crippen molar-refractivity contribution < 1.29 is 0 Å². The number of likely N-dealkylation sites (tertiary alicyclic amines) is 1. The van der Waals surface area contributed by atoms with Crippen molar-refractivity contribution in [1.82, 2.24) is 4.90 Å². The van der Waals surface area contributed by atoms with Crippen LogP contribution in [0.3, 0.4) is 0 Å². The molecule has 0 aromatic rings. The third kappa shape index (κ3) is 4.07. The Morgan fingerprint density at radius 2 is 1.92 bits per heavy atom. The molecular formula is C10H22N2. The normalized spacial score (nSPS) is 21.5. The van der Waals surface area contributed by atoms with Gasteiger partial charge in [0, 0.05) is 6.04 Å². The lowest BCUT2D eigenvalue weighted by Crippen LogP contribution is -2.21. The Kier molecular flexibility index (Phi) is 4.62. The number of hydrogen-bond acceptors (Lipinski definition) is 2. The van der Waals surface area contributed by atoms with Crippen molar-refractivity contribution in [2.24, 2.45) is 5.73 Å². The number of nitrogens with two attached hydrogens (primary N) is 1. The van der Waals surface area contributed by atoms with E-state index < -0.39 is 0 Å². The van der Waals surface area contributed by atoms with E-state index in [1.807, 2.05) is 0 Å². The lowest BCUT2D eigenvalue weighted by atomic mass is 10.1. The highest BCUT2D eigenvalue weighted by molar-refractivity contribution is 4.66. The van der Waals surface area contributed by atoms with Gasteiger partial charge in [0.25, 0.3) is 0 Å². The van der Waals surface area contributed by atoms with E-state index in [1.165, 1.54) is 51.7 Å². The molecule has 1 aliphatic heterocycles. The zero-order valence-corrected chi connectivity index (χ0v) is 8.26. The topological polar surface area (TPSA) is 29.3 Å². The second-order valence-corrected chi connectivity index (χ2v) is 4.02. The molecule has 0 unspecified atom stereocenters. The fraction of sp³-hybridized carbons (Fsp3) is 1.00. The maximum atomic E-state index is 5.67. The van der Waals surface area contributed by atoms with E-state index in [1.54, 1.807) is 0 Å². The van der Waals surface area contributed by atoms with Crippen molar-refractivity contribution in [3.05, 3.63) is 0 Å². The molecule has 0 aromatic heterocycles. The third-order valence-electron chi connectivity index (χ3n) is 2.58. The molecule has 1 heterocycles. The minimum absolute atomic E-state index is 0.392. The van der Waals surface area contributed by atoms with Crippen molar-refractivity contribution in [3.63, 3.8) is 0 Å². The smallest absolute Gasteiger partial charge is 0.00104 e. The van der Waals surface area contributed by atoms with E-state index in [-0.39, 0.29) is 0 Å². The third-order valence-corrected chi connectivity index (χ3v) is 2.58. The van der Waals surface area contributed by atoms with Crippen molar-refractivity contribution >= 4 is 0 Å². The molecule has 0 bridgehead atoms. The van der Waals surface area contributed by atoms with Crippen LogP contribution in [-0.2, 0) is 0 Å². The molecular weight excluding hydrogens is 148 g/mol. The summed E-state index contributed by atoms with van der Waals surface area (Å²) in [6, 6.07) is 0.392. The molecule has 2 nitrogen and oxygen atoms in total. The summed E-state index contributed by atoms with van der Waals surface area (Å²) in [6.45, 7) is 6.05. The fourth-order valence-electron chi connectivity index (χ4n) is 1.81. The maximum absolute atomic E-state index is 5.67. The van der Waals surface area contributed by atoms with Gasteiger partial charge >= 0.3 is 0 Å². The van der Waals surface area contributed by atoms with Crippen LogP contribution in [0.5, 0.6) is 0 Å². The summed E-state index contributed by atoms with van der Waals surface area (Å²) < 4.78 is 0. The molecule has 0 aromatic carbocycles. The summed E-state index contributed by atoms with van der Waals surface area (Å²) in [7, 11) is 0. The molecule has 1 atom stereocenters. The van der Waals surface area contributed by atoms with Crippen LogP contribution in [0.1, 0.15) is 39.0 Å². The Labute approximate surface area is 76.1 Å². The van der Waals surface area contributed by atoms with E-state index in [0.717, 1.165) is 0 Å². The van der Waals surface area contributed by atoms with Gasteiger partial charge in [0.15, 0.2) is 0 Å². The predicted octanol–water partition coefficient (Wildman–Crippen LogP) is 1.60. The summed E-state index contributed by atoms with van der Waals surface area (Å²) in [5.41, 5.74) is 5.67. The Morgan fingerprint density at radius 1 is 1.25 bits per heavy atom. The Hall–Kier alpha value is -0.0800. The summed E-state index contributed by atoms with van der Waals surface area (Å²) >= 11 is 0. The average molecular weight is 170 g/mol. The van der Waals surface area contributed by atoms with E-state index in [2.05, 4.69) is 11.8 Å². The van der Waals surface area contributed by atoms with Gasteiger partial charge in [-0.2, -0.15) is 0 Å². The van der Waals surface area contributed by atoms with Crippen LogP contribution in [0.25, 0.3) is 0 Å². The minimum Gasteiger partial charge on any atom is -0.328 e. The van der Waals surface area contributed by atoms with Gasteiger partial charge in [0.05, 0.1) is 0 Å². The predicted molar refractivity (Wildman–Crippen MR) is 53.2 cm³/mol. The molecule has 0 radical (unpaired) electrons. The van der Waals surface area contributed by atoms with Crippen LogP contribution in [0.4, 0.5) is 0 Å². The highest BCUT2D eigenvalue weighted by Gasteiger charge is 2.09. The van der Waals surface area contributed by atoms with Crippen molar-refractivity contribution in [1.29, 1.82) is 0 Å². The van der Waals surface area contributed by atoms with Gasteiger partial charge < -0.3 is 10.6 Å². The van der Waals surface area contributed by atoms with Crippen LogP contribution in [0.15, 0.2) is 0 Å². The molecule has 2 N–H and O–H groups in total. The summed E-state index contributed by atoms with van der Waals surface area (Å²) in [5, 5.41) is 0. The fourth-order valence-corrected chi connectivity index (χ4v) is 1.81. The van der Waals surface area contributed by atoms with Crippen molar-refractivity contribution in [2.45, 2.75) is 45.1 Å². The van der Waals surface area contributed by atoms with Gasteiger partial charge in [-0.3, -0.25) is 0 Å². The second-order valence-electron chi connectivity index (χ2n) is 4.02. The highest BCUT2D eigenvalue weighted by Crippen LogP contribution is 2.09. The van der Waals surface area contributed by atoms with Crippen LogP contribution < -0.4 is 5.73 Å². The van der Waals surface area contributed by atoms with E-state index in [9.17, 15) is 0 Å². The average Bonchev–Trinajstić information content (AvgIpc) is 2.49. The van der Waals surface area contributed by atoms with Crippen LogP contribution in [0.2, 0.25) is 0 Å². The Morgan fingerprint density at radius 3 is 2.50 bits per heavy atom. The minimum atomic E-state index is 0.392. The first-order chi connectivity index (χ1) is 5.79. The monoisotopic (exact) mass is 170 g/mol. The lowest BCUT2D eigenvalue weighted by Gasteiger charge is -2.14. The summed E-state index contributed by atoms with van der Waals surface area (Å²) in [4.78, 5) is 2.57. The van der Waals surface area contributed by atoms with Gasteiger partial charge in [0.1, 0.15) is 0 Å². The standard InChI is InChI=1S/C10H22N2/c1-10(11)6-2-3-7-12-8-4-5-9-12/h10H,2-9,11H2,1H3/t10-/m1/s1. The second kappa shape index (κ2) is 5.55. The number of unbranched alkanes of at least 4 members (excludes halogenated alkanes) is 1. The molecule has 0 spiro atoms. The molecule has 1 fully saturated rings. The molecule has 12 heavy (non-hydrogen) atoms. The van der Waals surface area contributed by atoms with Gasteiger partial charge in [0.2, 0.25) is 0 Å². The number of hydrogen-bond donors (Lipinski definition) is 1. The summed E-state index contributed by atoms with van der Waals surface area (Å²) in [5.74, 6) is 0. The molecule has 72 valence electrons. The molecule has 0 aliphatic carbocycles. The first-order valence-electron chi connectivity index (χ1n) is 5.27. The van der Waals surface area contributed by atoms with Crippen LogP contribution in [0, 0.1) is 0 Å². The molecule has 0 saturated carbocycles. The van der Waals surface area contributed by atoms with E-state index in [0.29, 0.717) is 6.04 Å². The van der Waals surface area contributed by atoms with E-state index >= 15 is 0 Å². The van der Waals surface area contributed by atoms with Gasteiger partial charge in [-0.25, -0.2) is 0 Å². The number of rotatable bonds is 5. The molecule has 0 amide bonds. The van der Waals surface area contributed by atoms with Gasteiger partial charge in [-0.15, -0.1) is 0 Å². The zero-order chi connectivity index (χ0) is 8.81. The summed E-state index contributed by atoms with van der Waals surface area (Å²) in [6.07, 6.45) is 6.64. The number of nitrogens with zero attached hydrogens (tertiary/aromatic N) is 1. The molecule has 2 heteroatoms. The first kappa shape index (κ1) is 10.0. The molecule has 1 aliphatic rings. The lowest BCUT2D eigenvalue weighted by molar-refractivity contribution is 0.327. The van der Waals surface area contributed by atoms with Crippen LogP contribution >= 0.6 is 0 Å².